The molecule has 1 heterocycles. The molecule has 1 unspecified atom stereocenters. The van der Waals surface area contributed by atoms with Crippen LogP contribution in [-0.2, 0) is 9.59 Å². The predicted molar refractivity (Wildman–Crippen MR) is 55.5 cm³/mol. The van der Waals surface area contributed by atoms with E-state index in [1.807, 2.05) is 0 Å². The van der Waals surface area contributed by atoms with Gasteiger partial charge in [-0.15, -0.1) is 0 Å². The fraction of sp³-hybridized carbons (Fsp3) is 0.800. The van der Waals surface area contributed by atoms with Gasteiger partial charge in [0.2, 0.25) is 5.91 Å². The van der Waals surface area contributed by atoms with E-state index < -0.39 is 11.4 Å². The van der Waals surface area contributed by atoms with Crippen LogP contribution >= 0.6 is 0 Å². The minimum Gasteiger partial charge on any atom is -0.481 e. The van der Waals surface area contributed by atoms with E-state index in [9.17, 15) is 9.59 Å². The lowest BCUT2D eigenvalue weighted by Gasteiger charge is -2.27. The van der Waals surface area contributed by atoms with Crippen molar-refractivity contribution < 1.29 is 14.7 Å². The van der Waals surface area contributed by atoms with Crippen LogP contribution in [0.2, 0.25) is 0 Å². The number of rotatable bonds is 4. The average Bonchev–Trinajstić information content (AvgIpc) is 2.16. The number of carboxylic acid groups (broad SMARTS) is 1. The van der Waals surface area contributed by atoms with Crippen LogP contribution in [0.25, 0.3) is 0 Å². The van der Waals surface area contributed by atoms with E-state index in [-0.39, 0.29) is 11.9 Å². The molecule has 3 N–H and O–H groups in total. The largest absolute Gasteiger partial charge is 0.481 e. The van der Waals surface area contributed by atoms with Crippen molar-refractivity contribution in [3.05, 3.63) is 0 Å². The highest BCUT2D eigenvalue weighted by molar-refractivity contribution is 5.82. The second-order valence-corrected chi connectivity index (χ2v) is 4.56. The van der Waals surface area contributed by atoms with Gasteiger partial charge in [-0.1, -0.05) is 0 Å². The van der Waals surface area contributed by atoms with E-state index in [0.717, 1.165) is 19.4 Å². The summed E-state index contributed by atoms with van der Waals surface area (Å²) in [7, 11) is 0. The quantitative estimate of drug-likeness (QED) is 0.614. The zero-order valence-corrected chi connectivity index (χ0v) is 9.17. The van der Waals surface area contributed by atoms with E-state index >= 15 is 0 Å². The van der Waals surface area contributed by atoms with Gasteiger partial charge < -0.3 is 15.7 Å². The third-order valence-corrected chi connectivity index (χ3v) is 2.65. The van der Waals surface area contributed by atoms with Crippen molar-refractivity contribution >= 4 is 11.9 Å². The molecule has 1 saturated heterocycles. The molecule has 1 aliphatic heterocycles. The number of hydrogen-bond donors (Lipinski definition) is 3. The van der Waals surface area contributed by atoms with Crippen LogP contribution in [0.5, 0.6) is 0 Å². The lowest BCUT2D eigenvalue weighted by Crippen LogP contribution is -2.51. The molecule has 0 spiro atoms. The lowest BCUT2D eigenvalue weighted by molar-refractivity contribution is -0.147. The number of piperidine rings is 1. The van der Waals surface area contributed by atoms with Crippen LogP contribution in [0.3, 0.4) is 0 Å². The summed E-state index contributed by atoms with van der Waals surface area (Å²) in [5, 5.41) is 14.6. The summed E-state index contributed by atoms with van der Waals surface area (Å²) in [6.07, 6.45) is 1.72. The molecule has 1 fully saturated rings. The van der Waals surface area contributed by atoms with Crippen LogP contribution in [0, 0.1) is 5.41 Å². The molecular weight excluding hydrogens is 196 g/mol. The normalized spacial score (nSPS) is 22.3. The number of nitrogens with one attached hydrogen (secondary N) is 2. The van der Waals surface area contributed by atoms with Crippen molar-refractivity contribution in [3.63, 3.8) is 0 Å². The van der Waals surface area contributed by atoms with E-state index in [2.05, 4.69) is 10.6 Å². The number of hydrogen-bond acceptors (Lipinski definition) is 3. The first-order valence-electron chi connectivity index (χ1n) is 5.18. The molecule has 1 amide bonds. The minimum absolute atomic E-state index is 0.0255. The van der Waals surface area contributed by atoms with Gasteiger partial charge in [-0.3, -0.25) is 9.59 Å². The van der Waals surface area contributed by atoms with E-state index in [1.54, 1.807) is 13.8 Å². The molecule has 15 heavy (non-hydrogen) atoms. The Kier molecular flexibility index (Phi) is 3.68. The Morgan fingerprint density at radius 1 is 1.67 bits per heavy atom. The highest BCUT2D eigenvalue weighted by Gasteiger charge is 2.30. The Morgan fingerprint density at radius 2 is 2.33 bits per heavy atom. The summed E-state index contributed by atoms with van der Waals surface area (Å²) < 4.78 is 0. The molecule has 0 saturated carbocycles. The molecule has 0 bridgehead atoms. The van der Waals surface area contributed by atoms with Crippen molar-refractivity contribution in [3.8, 4) is 0 Å². The highest BCUT2D eigenvalue weighted by Crippen LogP contribution is 2.14. The summed E-state index contributed by atoms with van der Waals surface area (Å²) in [4.78, 5) is 22.2. The maximum Gasteiger partial charge on any atom is 0.310 e. The molecule has 0 aromatic rings. The Hall–Kier alpha value is -1.10. The number of amides is 1. The number of carboxylic acids is 1. The third kappa shape index (κ3) is 3.20. The van der Waals surface area contributed by atoms with Gasteiger partial charge >= 0.3 is 5.97 Å². The molecule has 1 atom stereocenters. The molecule has 5 heteroatoms. The number of carbonyl (C=O) groups excluding carboxylic acids is 1. The molecule has 0 aliphatic carbocycles. The first-order chi connectivity index (χ1) is 6.93. The smallest absolute Gasteiger partial charge is 0.310 e. The zero-order valence-electron chi connectivity index (χ0n) is 9.17. The van der Waals surface area contributed by atoms with Crippen LogP contribution in [0.4, 0.5) is 0 Å². The molecule has 5 nitrogen and oxygen atoms in total. The first-order valence-corrected chi connectivity index (χ1v) is 5.18. The lowest BCUT2D eigenvalue weighted by atomic mass is 9.93. The van der Waals surface area contributed by atoms with Gasteiger partial charge in [0.15, 0.2) is 0 Å². The maximum atomic E-state index is 11.4. The van der Waals surface area contributed by atoms with Gasteiger partial charge in [-0.25, -0.2) is 0 Å². The molecule has 0 radical (unpaired) electrons. The predicted octanol–water partition coefficient (Wildman–Crippen LogP) is -0.0346. The molecule has 0 aromatic carbocycles. The molecule has 1 aliphatic rings. The second-order valence-electron chi connectivity index (χ2n) is 4.56. The number of carbonyl (C=O) groups is 2. The summed E-state index contributed by atoms with van der Waals surface area (Å²) in [6.45, 7) is 4.31. The summed E-state index contributed by atoms with van der Waals surface area (Å²) in [5.41, 5.74) is -0.836. The van der Waals surface area contributed by atoms with Gasteiger partial charge in [0.1, 0.15) is 0 Å². The van der Waals surface area contributed by atoms with Crippen LogP contribution in [0.15, 0.2) is 0 Å². The molecule has 0 aromatic heterocycles. The zero-order chi connectivity index (χ0) is 11.5. The first kappa shape index (κ1) is 12.0. The third-order valence-electron chi connectivity index (χ3n) is 2.65. The molecule has 86 valence electrons. The van der Waals surface area contributed by atoms with Gasteiger partial charge in [0.25, 0.3) is 0 Å². The Balaban J connectivity index is 2.42. The van der Waals surface area contributed by atoms with Crippen molar-refractivity contribution in [1.82, 2.24) is 10.6 Å². The van der Waals surface area contributed by atoms with E-state index in [0.29, 0.717) is 6.54 Å². The number of aliphatic carboxylic acids is 1. The van der Waals surface area contributed by atoms with Crippen molar-refractivity contribution in [2.75, 3.05) is 13.1 Å². The molecular formula is C10H18N2O3. The van der Waals surface area contributed by atoms with Crippen LogP contribution in [0.1, 0.15) is 26.7 Å². The van der Waals surface area contributed by atoms with Crippen LogP contribution in [-0.4, -0.2) is 36.1 Å². The van der Waals surface area contributed by atoms with Crippen molar-refractivity contribution in [2.45, 2.75) is 32.7 Å². The monoisotopic (exact) mass is 214 g/mol. The maximum absolute atomic E-state index is 11.4. The Labute approximate surface area is 89.2 Å². The molecule has 1 rings (SSSR count). The summed E-state index contributed by atoms with van der Waals surface area (Å²) in [5.74, 6) is -0.881. The fourth-order valence-electron chi connectivity index (χ4n) is 1.42. The van der Waals surface area contributed by atoms with Crippen molar-refractivity contribution in [1.29, 1.82) is 0 Å². The van der Waals surface area contributed by atoms with Crippen molar-refractivity contribution in [2.24, 2.45) is 5.41 Å². The second kappa shape index (κ2) is 4.61. The standard InChI is InChI=1S/C10H18N2O3/c1-10(2,9(14)15)6-12-7-4-3-5-11-8(7)13/h7,12H,3-6H2,1-2H3,(H,11,13)(H,14,15). The van der Waals surface area contributed by atoms with Gasteiger partial charge in [-0.2, -0.15) is 0 Å². The summed E-state index contributed by atoms with van der Waals surface area (Å²) >= 11 is 0. The fourth-order valence-corrected chi connectivity index (χ4v) is 1.42. The summed E-state index contributed by atoms with van der Waals surface area (Å²) in [6, 6.07) is -0.239. The van der Waals surface area contributed by atoms with Gasteiger partial charge in [-0.05, 0) is 26.7 Å². The van der Waals surface area contributed by atoms with Crippen LogP contribution < -0.4 is 10.6 Å². The SMILES string of the molecule is CC(C)(CNC1CCCNC1=O)C(=O)O. The Morgan fingerprint density at radius 3 is 2.87 bits per heavy atom. The highest BCUT2D eigenvalue weighted by atomic mass is 16.4. The average molecular weight is 214 g/mol. The van der Waals surface area contributed by atoms with E-state index in [1.165, 1.54) is 0 Å². The minimum atomic E-state index is -0.855. The van der Waals surface area contributed by atoms with Gasteiger partial charge in [0, 0.05) is 13.1 Å². The van der Waals surface area contributed by atoms with E-state index in [4.69, 9.17) is 5.11 Å². The van der Waals surface area contributed by atoms with Gasteiger partial charge in [0.05, 0.1) is 11.5 Å². The topological polar surface area (TPSA) is 78.4 Å². The Bertz CT molecular complexity index is 263.